The molecule has 9 nitrogen and oxygen atoms in total. The molecule has 1 aliphatic heterocycles. The van der Waals surface area contributed by atoms with Gasteiger partial charge in [-0.3, -0.25) is 9.59 Å². The lowest BCUT2D eigenvalue weighted by Gasteiger charge is -2.32. The summed E-state index contributed by atoms with van der Waals surface area (Å²) in [6.45, 7) is 1.66. The van der Waals surface area contributed by atoms with Crippen molar-refractivity contribution in [2.45, 2.75) is 37.0 Å². The van der Waals surface area contributed by atoms with Crippen LogP contribution in [-0.4, -0.2) is 73.1 Å². The van der Waals surface area contributed by atoms with E-state index in [1.807, 2.05) is 36.4 Å². The highest BCUT2D eigenvalue weighted by Gasteiger charge is 2.36. The third kappa shape index (κ3) is 5.48. The van der Waals surface area contributed by atoms with Gasteiger partial charge in [-0.1, -0.05) is 48.5 Å². The van der Waals surface area contributed by atoms with E-state index in [0.29, 0.717) is 0 Å². The minimum Gasteiger partial charge on any atom is -0.481 e. The Morgan fingerprint density at radius 3 is 2.29 bits per heavy atom. The average molecular weight is 501 g/mol. The van der Waals surface area contributed by atoms with Crippen LogP contribution in [0.1, 0.15) is 36.8 Å². The number of carbonyl (C=O) groups is 3. The first-order valence-corrected chi connectivity index (χ1v) is 13.2. The molecule has 0 spiro atoms. The van der Waals surface area contributed by atoms with Gasteiger partial charge in [-0.2, -0.15) is 0 Å². The first-order chi connectivity index (χ1) is 16.7. The molecule has 2 atom stereocenters. The lowest BCUT2D eigenvalue weighted by atomic mass is 9.98. The van der Waals surface area contributed by atoms with Crippen molar-refractivity contribution in [2.24, 2.45) is 0 Å². The number of hydrogen-bond donors (Lipinski definition) is 2. The van der Waals surface area contributed by atoms with Gasteiger partial charge in [0.1, 0.15) is 6.61 Å². The van der Waals surface area contributed by atoms with Crippen molar-refractivity contribution in [3.63, 3.8) is 0 Å². The van der Waals surface area contributed by atoms with Gasteiger partial charge < -0.3 is 20.1 Å². The Balaban J connectivity index is 1.30. The number of alkyl carbamates (subject to hydrolysis) is 1. The Morgan fingerprint density at radius 2 is 1.69 bits per heavy atom. The van der Waals surface area contributed by atoms with Crippen molar-refractivity contribution in [1.82, 2.24) is 10.2 Å². The molecule has 1 aliphatic carbocycles. The van der Waals surface area contributed by atoms with Gasteiger partial charge in [0.2, 0.25) is 5.91 Å². The summed E-state index contributed by atoms with van der Waals surface area (Å²) in [6, 6.07) is 15.5. The molecule has 0 aromatic heterocycles. The smallest absolute Gasteiger partial charge is 0.407 e. The minimum absolute atomic E-state index is 0.00888. The molecule has 4 rings (SSSR count). The number of fused-ring (bicyclic) bond motifs is 3. The zero-order valence-corrected chi connectivity index (χ0v) is 20.2. The maximum atomic E-state index is 12.7. The van der Waals surface area contributed by atoms with Gasteiger partial charge in [0.15, 0.2) is 9.84 Å². The second-order valence-electron chi connectivity index (χ2n) is 9.00. The van der Waals surface area contributed by atoms with E-state index >= 15 is 0 Å². The Labute approximate surface area is 204 Å². The van der Waals surface area contributed by atoms with Crippen molar-refractivity contribution in [2.75, 3.05) is 25.4 Å². The standard InChI is InChI=1S/C25H28N2O7S/c1-16(12-23(28)27-10-11-35(32,33)17(14-27)13-24(29)30)26-25(31)34-15-22-20-8-4-2-6-18(20)19-7-3-5-9-21(19)22/h2-9,16-17,22H,10-15H2,1H3,(H,26,31)(H,29,30)/t16-,17?/m1/s1. The van der Waals surface area contributed by atoms with Gasteiger partial charge in [-0.05, 0) is 29.2 Å². The molecule has 0 saturated carbocycles. The Kier molecular flexibility index (Phi) is 7.11. The molecule has 186 valence electrons. The number of sulfone groups is 1. The van der Waals surface area contributed by atoms with Crippen LogP contribution in [0.3, 0.4) is 0 Å². The molecule has 1 fully saturated rings. The third-order valence-electron chi connectivity index (χ3n) is 6.52. The maximum Gasteiger partial charge on any atom is 0.407 e. The number of nitrogens with zero attached hydrogens (tertiary/aromatic N) is 1. The van der Waals surface area contributed by atoms with Gasteiger partial charge in [0.05, 0.1) is 17.4 Å². The van der Waals surface area contributed by atoms with Gasteiger partial charge in [-0.15, -0.1) is 0 Å². The zero-order chi connectivity index (χ0) is 25.2. The molecular weight excluding hydrogens is 472 g/mol. The lowest BCUT2D eigenvalue weighted by molar-refractivity contribution is -0.138. The zero-order valence-electron chi connectivity index (χ0n) is 19.3. The van der Waals surface area contributed by atoms with Crippen LogP contribution in [0.2, 0.25) is 0 Å². The summed E-state index contributed by atoms with van der Waals surface area (Å²) in [5.41, 5.74) is 4.45. The second kappa shape index (κ2) is 10.1. The lowest BCUT2D eigenvalue weighted by Crippen LogP contribution is -2.51. The van der Waals surface area contributed by atoms with Gasteiger partial charge >= 0.3 is 12.1 Å². The molecule has 35 heavy (non-hydrogen) atoms. The molecule has 0 radical (unpaired) electrons. The van der Waals surface area contributed by atoms with Crippen LogP contribution in [-0.2, 0) is 24.2 Å². The summed E-state index contributed by atoms with van der Waals surface area (Å²) in [5, 5.41) is 10.5. The van der Waals surface area contributed by atoms with E-state index < -0.39 is 39.6 Å². The summed E-state index contributed by atoms with van der Waals surface area (Å²) in [5.74, 6) is -1.92. The Bertz CT molecular complexity index is 1200. The van der Waals surface area contributed by atoms with E-state index in [1.54, 1.807) is 6.92 Å². The van der Waals surface area contributed by atoms with E-state index in [4.69, 9.17) is 9.84 Å². The van der Waals surface area contributed by atoms with Crippen LogP contribution < -0.4 is 5.32 Å². The molecule has 1 heterocycles. The van der Waals surface area contributed by atoms with Crippen LogP contribution in [0, 0.1) is 0 Å². The molecule has 1 unspecified atom stereocenters. The van der Waals surface area contributed by atoms with E-state index in [2.05, 4.69) is 17.4 Å². The highest BCUT2D eigenvalue weighted by atomic mass is 32.2. The number of hydrogen-bond acceptors (Lipinski definition) is 6. The van der Waals surface area contributed by atoms with Crippen LogP contribution in [0.5, 0.6) is 0 Å². The number of rotatable bonds is 7. The molecule has 2 aromatic rings. The van der Waals surface area contributed by atoms with Crippen LogP contribution in [0.25, 0.3) is 11.1 Å². The van der Waals surface area contributed by atoms with Crippen LogP contribution in [0.4, 0.5) is 4.79 Å². The maximum absolute atomic E-state index is 12.7. The highest BCUT2D eigenvalue weighted by Crippen LogP contribution is 2.44. The summed E-state index contributed by atoms with van der Waals surface area (Å²) in [4.78, 5) is 37.5. The number of amides is 2. The average Bonchev–Trinajstić information content (AvgIpc) is 3.12. The summed E-state index contributed by atoms with van der Waals surface area (Å²) < 4.78 is 29.7. The van der Waals surface area contributed by atoms with Crippen molar-refractivity contribution in [3.05, 3.63) is 59.7 Å². The number of carboxylic acids is 1. The molecule has 2 aromatic carbocycles. The van der Waals surface area contributed by atoms with Crippen molar-refractivity contribution in [1.29, 1.82) is 0 Å². The van der Waals surface area contributed by atoms with E-state index in [-0.39, 0.29) is 43.7 Å². The number of benzene rings is 2. The third-order valence-corrected chi connectivity index (χ3v) is 8.60. The molecule has 0 bridgehead atoms. The van der Waals surface area contributed by atoms with E-state index in [0.717, 1.165) is 22.3 Å². The van der Waals surface area contributed by atoms with Gasteiger partial charge in [0.25, 0.3) is 0 Å². The number of carbonyl (C=O) groups excluding carboxylic acids is 2. The number of ether oxygens (including phenoxy) is 1. The molecule has 2 aliphatic rings. The molecule has 10 heteroatoms. The van der Waals surface area contributed by atoms with E-state index in [1.165, 1.54) is 4.90 Å². The fraction of sp³-hybridized carbons (Fsp3) is 0.400. The Morgan fingerprint density at radius 1 is 1.09 bits per heavy atom. The first kappa shape index (κ1) is 24.7. The minimum atomic E-state index is -3.55. The van der Waals surface area contributed by atoms with Crippen molar-refractivity contribution in [3.8, 4) is 11.1 Å². The number of aliphatic carboxylic acids is 1. The fourth-order valence-corrected chi connectivity index (χ4v) is 6.36. The monoisotopic (exact) mass is 500 g/mol. The quantitative estimate of drug-likeness (QED) is 0.597. The molecule has 2 amide bonds. The topological polar surface area (TPSA) is 130 Å². The van der Waals surface area contributed by atoms with Crippen molar-refractivity contribution < 1.29 is 32.6 Å². The number of nitrogens with one attached hydrogen (secondary N) is 1. The second-order valence-corrected chi connectivity index (χ2v) is 11.4. The fourth-order valence-electron chi connectivity index (χ4n) is 4.75. The van der Waals surface area contributed by atoms with Gasteiger partial charge in [0, 0.05) is 31.5 Å². The first-order valence-electron chi connectivity index (χ1n) is 11.5. The predicted octanol–water partition coefficient (Wildman–Crippen LogP) is 2.40. The normalized spacial score (nSPS) is 19.3. The van der Waals surface area contributed by atoms with Crippen LogP contribution in [0.15, 0.2) is 48.5 Å². The van der Waals surface area contributed by atoms with E-state index in [9.17, 15) is 22.8 Å². The SMILES string of the molecule is C[C@H](CC(=O)N1CCS(=O)(=O)C(CC(=O)O)C1)NC(=O)OCC1c2ccccc2-c2ccccc21. The summed E-state index contributed by atoms with van der Waals surface area (Å²) in [6.07, 6.45) is -1.24. The van der Waals surface area contributed by atoms with Crippen LogP contribution >= 0.6 is 0 Å². The summed E-state index contributed by atoms with van der Waals surface area (Å²) >= 11 is 0. The molecular formula is C25H28N2O7S. The van der Waals surface area contributed by atoms with Gasteiger partial charge in [-0.25, -0.2) is 13.2 Å². The van der Waals surface area contributed by atoms with Crippen molar-refractivity contribution >= 4 is 27.8 Å². The summed E-state index contributed by atoms with van der Waals surface area (Å²) in [7, 11) is -3.55. The Hall–Kier alpha value is -3.40. The number of carboxylic acid groups (broad SMARTS) is 1. The predicted molar refractivity (Wildman–Crippen MR) is 129 cm³/mol. The molecule has 1 saturated heterocycles. The largest absolute Gasteiger partial charge is 0.481 e. The highest BCUT2D eigenvalue weighted by molar-refractivity contribution is 7.92. The molecule has 2 N–H and O–H groups in total.